The second-order valence-corrected chi connectivity index (χ2v) is 4.23. The van der Waals surface area contributed by atoms with Crippen molar-refractivity contribution in [3.8, 4) is 0 Å². The molecule has 1 saturated carbocycles. The summed E-state index contributed by atoms with van der Waals surface area (Å²) in [6.07, 6.45) is 3.72. The van der Waals surface area contributed by atoms with E-state index in [9.17, 15) is 4.55 Å². The van der Waals surface area contributed by atoms with Crippen LogP contribution in [0.1, 0.15) is 26.2 Å². The fraction of sp³-hybridized carbons (Fsp3) is 1.00. The summed E-state index contributed by atoms with van der Waals surface area (Å²) in [7, 11) is 0. The molecule has 0 aromatic heterocycles. The highest BCUT2D eigenvalue weighted by molar-refractivity contribution is 7.92. The molecule has 48 valence electrons. The van der Waals surface area contributed by atoms with Gasteiger partial charge in [-0.25, -0.2) is 0 Å². The third-order valence-electron chi connectivity index (χ3n) is 1.71. The van der Waals surface area contributed by atoms with E-state index in [1.165, 1.54) is 19.3 Å². The number of rotatable bonds is 2. The van der Waals surface area contributed by atoms with Crippen molar-refractivity contribution in [1.82, 2.24) is 0 Å². The van der Waals surface area contributed by atoms with Crippen molar-refractivity contribution in [2.45, 2.75) is 31.4 Å². The Morgan fingerprint density at radius 2 is 2.25 bits per heavy atom. The molecule has 0 spiro atoms. The lowest BCUT2D eigenvalue weighted by molar-refractivity contribution is 0.477. The Balaban J connectivity index is 2.13. The maximum Gasteiger partial charge on any atom is 0.115 e. The normalized spacial score (nSPS) is 24.8. The fourth-order valence-corrected chi connectivity index (χ4v) is 2.20. The fourth-order valence-electron chi connectivity index (χ4n) is 0.869. The van der Waals surface area contributed by atoms with Gasteiger partial charge < -0.3 is 4.55 Å². The standard InChI is InChI=1S/C6H12OS/c1-2-8(7)6-4-3-5-6/h6H,2-5H2,1H3. The van der Waals surface area contributed by atoms with Crippen LogP contribution < -0.4 is 0 Å². The molecule has 0 bridgehead atoms. The Bertz CT molecular complexity index is 68.2. The maximum absolute atomic E-state index is 10.9. The molecule has 1 atom stereocenters. The van der Waals surface area contributed by atoms with E-state index in [0.717, 1.165) is 5.75 Å². The van der Waals surface area contributed by atoms with Crippen LogP contribution in [0.25, 0.3) is 0 Å². The van der Waals surface area contributed by atoms with Gasteiger partial charge >= 0.3 is 0 Å². The maximum atomic E-state index is 10.9. The van der Waals surface area contributed by atoms with E-state index in [0.29, 0.717) is 5.25 Å². The van der Waals surface area contributed by atoms with Crippen molar-refractivity contribution in [2.24, 2.45) is 0 Å². The lowest BCUT2D eigenvalue weighted by Crippen LogP contribution is -2.29. The lowest BCUT2D eigenvalue weighted by atomic mass is 10.0. The zero-order chi connectivity index (χ0) is 5.98. The van der Waals surface area contributed by atoms with Crippen LogP contribution in [-0.4, -0.2) is 15.6 Å². The van der Waals surface area contributed by atoms with Crippen LogP contribution >= 0.6 is 0 Å². The van der Waals surface area contributed by atoms with Gasteiger partial charge in [0.25, 0.3) is 0 Å². The average Bonchev–Trinajstić information content (AvgIpc) is 1.62. The van der Waals surface area contributed by atoms with Crippen molar-refractivity contribution in [3.05, 3.63) is 0 Å². The van der Waals surface area contributed by atoms with Gasteiger partial charge in [0.2, 0.25) is 0 Å². The van der Waals surface area contributed by atoms with E-state index in [2.05, 4.69) is 0 Å². The minimum absolute atomic E-state index is 0.485. The molecule has 1 aliphatic carbocycles. The van der Waals surface area contributed by atoms with Crippen molar-refractivity contribution < 1.29 is 4.55 Å². The van der Waals surface area contributed by atoms with Crippen molar-refractivity contribution >= 4 is 11.2 Å². The molecule has 0 heterocycles. The molecule has 1 unspecified atom stereocenters. The summed E-state index contributed by atoms with van der Waals surface area (Å²) in [6.45, 7) is 1.99. The predicted octanol–water partition coefficient (Wildman–Crippen LogP) is 1.31. The summed E-state index contributed by atoms with van der Waals surface area (Å²) in [5, 5.41) is 0.569. The summed E-state index contributed by atoms with van der Waals surface area (Å²) in [6, 6.07) is 0. The highest BCUT2D eigenvalue weighted by Gasteiger charge is 2.27. The quantitative estimate of drug-likeness (QED) is 0.519. The molecule has 0 aromatic carbocycles. The van der Waals surface area contributed by atoms with Crippen LogP contribution in [0, 0.1) is 0 Å². The Kier molecular flexibility index (Phi) is 2.20. The van der Waals surface area contributed by atoms with Crippen LogP contribution in [0.3, 0.4) is 0 Å². The molecule has 0 radical (unpaired) electrons. The highest BCUT2D eigenvalue weighted by atomic mass is 32.2. The summed E-state index contributed by atoms with van der Waals surface area (Å²) in [5.41, 5.74) is 0. The van der Waals surface area contributed by atoms with Crippen LogP contribution in [0.5, 0.6) is 0 Å². The Morgan fingerprint density at radius 3 is 2.38 bits per heavy atom. The monoisotopic (exact) mass is 132 g/mol. The number of hydrogen-bond donors (Lipinski definition) is 0. The highest BCUT2D eigenvalue weighted by Crippen LogP contribution is 2.26. The van der Waals surface area contributed by atoms with Crippen LogP contribution in [-0.2, 0) is 11.2 Å². The molecule has 1 nitrogen and oxygen atoms in total. The van der Waals surface area contributed by atoms with E-state index in [1.54, 1.807) is 0 Å². The summed E-state index contributed by atoms with van der Waals surface area (Å²) < 4.78 is 10.9. The number of hydrogen-bond acceptors (Lipinski definition) is 1. The van der Waals surface area contributed by atoms with Crippen LogP contribution in [0.15, 0.2) is 0 Å². The molecule has 0 aromatic rings. The van der Waals surface area contributed by atoms with Crippen LogP contribution in [0.4, 0.5) is 0 Å². The topological polar surface area (TPSA) is 23.1 Å². The lowest BCUT2D eigenvalue weighted by Gasteiger charge is -2.27. The molecule has 8 heavy (non-hydrogen) atoms. The molecular weight excluding hydrogens is 120 g/mol. The summed E-state index contributed by atoms with van der Waals surface area (Å²) in [5.74, 6) is 0.852. The molecule has 0 N–H and O–H groups in total. The SMILES string of the molecule is CC[S+]([O-])C1CCC1. The van der Waals surface area contributed by atoms with E-state index >= 15 is 0 Å². The molecule has 0 aliphatic heterocycles. The minimum atomic E-state index is -0.485. The largest absolute Gasteiger partial charge is 0.616 e. The molecule has 1 fully saturated rings. The second kappa shape index (κ2) is 2.74. The van der Waals surface area contributed by atoms with Gasteiger partial charge in [-0.05, 0) is 26.2 Å². The second-order valence-electron chi connectivity index (χ2n) is 2.22. The van der Waals surface area contributed by atoms with E-state index in [-0.39, 0.29) is 0 Å². The Hall–Kier alpha value is 0.310. The summed E-state index contributed by atoms with van der Waals surface area (Å²) >= 11 is -0.485. The molecule has 0 amide bonds. The molecule has 1 rings (SSSR count). The Morgan fingerprint density at radius 1 is 1.62 bits per heavy atom. The van der Waals surface area contributed by atoms with Gasteiger partial charge in [0.15, 0.2) is 0 Å². The van der Waals surface area contributed by atoms with Crippen molar-refractivity contribution in [1.29, 1.82) is 0 Å². The van der Waals surface area contributed by atoms with E-state index < -0.39 is 11.2 Å². The average molecular weight is 132 g/mol. The molecule has 2 heteroatoms. The van der Waals surface area contributed by atoms with E-state index in [4.69, 9.17) is 0 Å². The third kappa shape index (κ3) is 1.17. The zero-order valence-corrected chi connectivity index (χ0v) is 6.04. The van der Waals surface area contributed by atoms with Crippen molar-refractivity contribution in [2.75, 3.05) is 5.75 Å². The first-order valence-corrected chi connectivity index (χ1v) is 4.60. The van der Waals surface area contributed by atoms with E-state index in [1.807, 2.05) is 6.92 Å². The van der Waals surface area contributed by atoms with Gasteiger partial charge in [0.05, 0.1) is 0 Å². The van der Waals surface area contributed by atoms with Gasteiger partial charge in [0, 0.05) is 0 Å². The zero-order valence-electron chi connectivity index (χ0n) is 5.22. The van der Waals surface area contributed by atoms with Crippen LogP contribution in [0.2, 0.25) is 0 Å². The molecule has 0 saturated heterocycles. The first-order valence-electron chi connectivity index (χ1n) is 3.21. The molecule has 1 aliphatic rings. The first kappa shape index (κ1) is 6.43. The summed E-state index contributed by atoms with van der Waals surface area (Å²) in [4.78, 5) is 0. The molecular formula is C6H12OS. The van der Waals surface area contributed by atoms with Crippen molar-refractivity contribution in [3.63, 3.8) is 0 Å². The van der Waals surface area contributed by atoms with Gasteiger partial charge in [0.1, 0.15) is 11.0 Å². The van der Waals surface area contributed by atoms with Gasteiger partial charge in [-0.2, -0.15) is 0 Å². The third-order valence-corrected chi connectivity index (χ3v) is 3.49. The predicted molar refractivity (Wildman–Crippen MR) is 36.3 cm³/mol. The first-order chi connectivity index (χ1) is 3.84. The Labute approximate surface area is 53.7 Å². The minimum Gasteiger partial charge on any atom is -0.616 e. The van der Waals surface area contributed by atoms with Gasteiger partial charge in [-0.1, -0.05) is 11.2 Å². The van der Waals surface area contributed by atoms with Gasteiger partial charge in [-0.3, -0.25) is 0 Å². The van der Waals surface area contributed by atoms with Gasteiger partial charge in [-0.15, -0.1) is 0 Å². The smallest absolute Gasteiger partial charge is 0.115 e.